The monoisotopic (exact) mass is 432 g/mol. The van der Waals surface area contributed by atoms with Crippen molar-refractivity contribution in [2.45, 2.75) is 12.7 Å². The van der Waals surface area contributed by atoms with Crippen LogP contribution in [0.5, 0.6) is 0 Å². The highest BCUT2D eigenvalue weighted by atomic mass is 19.4. The Morgan fingerprint density at radius 3 is 2.29 bits per heavy atom. The highest BCUT2D eigenvalue weighted by Crippen LogP contribution is 2.31. The Morgan fingerprint density at radius 2 is 1.61 bits per heavy atom. The molecule has 2 heterocycles. The summed E-state index contributed by atoms with van der Waals surface area (Å²) < 4.78 is 39.8. The lowest BCUT2D eigenvalue weighted by Crippen LogP contribution is -2.50. The van der Waals surface area contributed by atoms with Gasteiger partial charge in [0.15, 0.2) is 0 Å². The number of alkyl halides is 3. The molecule has 7 nitrogen and oxygen atoms in total. The molecule has 1 N–H and O–H groups in total. The third-order valence-corrected chi connectivity index (χ3v) is 5.35. The van der Waals surface area contributed by atoms with E-state index < -0.39 is 22.9 Å². The topological polar surface area (TPSA) is 78.4 Å². The summed E-state index contributed by atoms with van der Waals surface area (Å²) >= 11 is 0. The quantitative estimate of drug-likeness (QED) is 0.687. The van der Waals surface area contributed by atoms with Crippen LogP contribution in [0.3, 0.4) is 0 Å². The number of nitrogens with zero attached hydrogens (tertiary/aromatic N) is 3. The molecule has 4 rings (SSSR count). The second-order valence-corrected chi connectivity index (χ2v) is 7.29. The SMILES string of the molecule is O=C(Cn1[nH]c(=O)c2ccccc2c1=O)N1CCN(c2cccc(C(F)(F)F)c2)CC1. The molecule has 1 amide bonds. The van der Waals surface area contributed by atoms with Crippen LogP contribution in [0.25, 0.3) is 10.8 Å². The van der Waals surface area contributed by atoms with Gasteiger partial charge in [0.05, 0.1) is 16.3 Å². The molecule has 0 atom stereocenters. The van der Waals surface area contributed by atoms with Gasteiger partial charge < -0.3 is 9.80 Å². The Labute approximate surface area is 174 Å². The lowest BCUT2D eigenvalue weighted by Gasteiger charge is -2.36. The number of nitrogens with one attached hydrogen (secondary N) is 1. The summed E-state index contributed by atoms with van der Waals surface area (Å²) in [6.45, 7) is 0.984. The first-order chi connectivity index (χ1) is 14.7. The molecule has 0 bridgehead atoms. The molecule has 2 aromatic carbocycles. The van der Waals surface area contributed by atoms with Crippen LogP contribution in [-0.4, -0.2) is 46.8 Å². The van der Waals surface area contributed by atoms with Gasteiger partial charge in [-0.3, -0.25) is 19.5 Å². The average Bonchev–Trinajstić information content (AvgIpc) is 2.77. The van der Waals surface area contributed by atoms with Crippen LogP contribution >= 0.6 is 0 Å². The maximum absolute atomic E-state index is 12.9. The molecular formula is C21H19F3N4O3. The first kappa shape index (κ1) is 20.7. The van der Waals surface area contributed by atoms with Gasteiger partial charge in [0.25, 0.3) is 11.1 Å². The molecular weight excluding hydrogens is 413 g/mol. The van der Waals surface area contributed by atoms with Crippen molar-refractivity contribution in [3.8, 4) is 0 Å². The predicted molar refractivity (Wildman–Crippen MR) is 109 cm³/mol. The number of carbonyl (C=O) groups excluding carboxylic acids is 1. The summed E-state index contributed by atoms with van der Waals surface area (Å²) in [7, 11) is 0. The fourth-order valence-electron chi connectivity index (χ4n) is 3.69. The number of hydrogen-bond donors (Lipinski definition) is 1. The Kier molecular flexibility index (Phi) is 5.30. The molecule has 1 fully saturated rings. The Morgan fingerprint density at radius 1 is 0.935 bits per heavy atom. The molecule has 0 unspecified atom stereocenters. The zero-order valence-electron chi connectivity index (χ0n) is 16.4. The van der Waals surface area contributed by atoms with E-state index in [1.807, 2.05) is 0 Å². The summed E-state index contributed by atoms with van der Waals surface area (Å²) in [6, 6.07) is 11.4. The number of H-pyrrole nitrogens is 1. The molecule has 10 heteroatoms. The van der Waals surface area contributed by atoms with Crippen molar-refractivity contribution >= 4 is 22.4 Å². The number of piperazine rings is 1. The van der Waals surface area contributed by atoms with Gasteiger partial charge in [-0.25, -0.2) is 4.68 Å². The number of benzene rings is 2. The van der Waals surface area contributed by atoms with Gasteiger partial charge in [-0.15, -0.1) is 0 Å². The van der Waals surface area contributed by atoms with E-state index in [1.165, 1.54) is 23.1 Å². The second kappa shape index (κ2) is 7.93. The number of hydrogen-bond acceptors (Lipinski definition) is 4. The standard InChI is InChI=1S/C21H19F3N4O3/c22-21(23,24)14-4-3-5-15(12-14)26-8-10-27(11-9-26)18(29)13-28-20(31)17-7-2-1-6-16(17)19(30)25-28/h1-7,12H,8-11,13H2,(H,25,30). The largest absolute Gasteiger partial charge is 0.416 e. The van der Waals surface area contributed by atoms with E-state index >= 15 is 0 Å². The molecule has 3 aromatic rings. The van der Waals surface area contributed by atoms with Gasteiger partial charge in [0.1, 0.15) is 6.54 Å². The van der Waals surface area contributed by atoms with E-state index in [0.29, 0.717) is 31.9 Å². The smallest absolute Gasteiger partial charge is 0.368 e. The molecule has 0 saturated carbocycles. The van der Waals surface area contributed by atoms with Gasteiger partial charge >= 0.3 is 6.18 Å². The number of anilines is 1. The van der Waals surface area contributed by atoms with Crippen molar-refractivity contribution in [3.05, 3.63) is 74.8 Å². The van der Waals surface area contributed by atoms with Gasteiger partial charge in [-0.2, -0.15) is 13.2 Å². The van der Waals surface area contributed by atoms with Crippen LogP contribution in [0.2, 0.25) is 0 Å². The molecule has 1 aliphatic heterocycles. The van der Waals surface area contributed by atoms with Gasteiger partial charge in [-0.05, 0) is 30.3 Å². The highest BCUT2D eigenvalue weighted by Gasteiger charge is 2.31. The fraction of sp³-hybridized carbons (Fsp3) is 0.286. The van der Waals surface area contributed by atoms with E-state index in [4.69, 9.17) is 0 Å². The Bertz CT molecular complexity index is 1240. The number of rotatable bonds is 3. The minimum Gasteiger partial charge on any atom is -0.368 e. The van der Waals surface area contributed by atoms with E-state index in [2.05, 4.69) is 5.10 Å². The van der Waals surface area contributed by atoms with Crippen molar-refractivity contribution in [2.75, 3.05) is 31.1 Å². The molecule has 0 spiro atoms. The maximum atomic E-state index is 12.9. The third-order valence-electron chi connectivity index (χ3n) is 5.35. The molecule has 0 radical (unpaired) electrons. The van der Waals surface area contributed by atoms with Crippen molar-refractivity contribution in [1.29, 1.82) is 0 Å². The van der Waals surface area contributed by atoms with Crippen LogP contribution < -0.4 is 16.0 Å². The van der Waals surface area contributed by atoms with Crippen LogP contribution in [0.1, 0.15) is 5.56 Å². The summed E-state index contributed by atoms with van der Waals surface area (Å²) in [4.78, 5) is 40.7. The highest BCUT2D eigenvalue weighted by molar-refractivity contribution is 5.81. The number of halogens is 3. The van der Waals surface area contributed by atoms with E-state index in [1.54, 1.807) is 23.1 Å². The van der Waals surface area contributed by atoms with Crippen molar-refractivity contribution in [3.63, 3.8) is 0 Å². The predicted octanol–water partition coefficient (Wildman–Crippen LogP) is 2.06. The summed E-state index contributed by atoms with van der Waals surface area (Å²) in [5.41, 5.74) is -1.20. The second-order valence-electron chi connectivity index (χ2n) is 7.29. The van der Waals surface area contributed by atoms with E-state index in [-0.39, 0.29) is 23.2 Å². The van der Waals surface area contributed by atoms with E-state index in [9.17, 15) is 27.6 Å². The molecule has 1 saturated heterocycles. The Balaban J connectivity index is 1.45. The summed E-state index contributed by atoms with van der Waals surface area (Å²) in [5.74, 6) is -0.350. The van der Waals surface area contributed by atoms with Gasteiger partial charge in [0.2, 0.25) is 5.91 Å². The number of aromatic amines is 1. The number of carbonyl (C=O) groups is 1. The van der Waals surface area contributed by atoms with Crippen molar-refractivity contribution in [1.82, 2.24) is 14.7 Å². The zero-order chi connectivity index (χ0) is 22.2. The zero-order valence-corrected chi connectivity index (χ0v) is 16.4. The summed E-state index contributed by atoms with van der Waals surface area (Å²) in [5, 5.41) is 2.91. The first-order valence-corrected chi connectivity index (χ1v) is 9.66. The Hall–Kier alpha value is -3.56. The van der Waals surface area contributed by atoms with Crippen LogP contribution in [0.15, 0.2) is 58.1 Å². The number of aromatic nitrogens is 2. The first-order valence-electron chi connectivity index (χ1n) is 9.66. The minimum atomic E-state index is -4.42. The van der Waals surface area contributed by atoms with Crippen LogP contribution in [-0.2, 0) is 17.5 Å². The lowest BCUT2D eigenvalue weighted by molar-refractivity contribution is -0.137. The van der Waals surface area contributed by atoms with Gasteiger partial charge in [0, 0.05) is 31.9 Å². The van der Waals surface area contributed by atoms with Crippen molar-refractivity contribution < 1.29 is 18.0 Å². The van der Waals surface area contributed by atoms with E-state index in [0.717, 1.165) is 16.8 Å². The third kappa shape index (κ3) is 4.18. The summed E-state index contributed by atoms with van der Waals surface area (Å²) in [6.07, 6.45) is -4.42. The molecule has 0 aliphatic carbocycles. The fourth-order valence-corrected chi connectivity index (χ4v) is 3.69. The molecule has 1 aliphatic rings. The normalized spacial score (nSPS) is 14.8. The average molecular weight is 432 g/mol. The van der Waals surface area contributed by atoms with Crippen LogP contribution in [0, 0.1) is 0 Å². The molecule has 162 valence electrons. The maximum Gasteiger partial charge on any atom is 0.416 e. The number of fused-ring (bicyclic) bond motifs is 1. The van der Waals surface area contributed by atoms with Crippen molar-refractivity contribution in [2.24, 2.45) is 0 Å². The lowest BCUT2D eigenvalue weighted by atomic mass is 10.1. The minimum absolute atomic E-state index is 0.230. The van der Waals surface area contributed by atoms with Gasteiger partial charge in [-0.1, -0.05) is 18.2 Å². The van der Waals surface area contributed by atoms with Crippen LogP contribution in [0.4, 0.5) is 18.9 Å². The molecule has 1 aromatic heterocycles. The number of amides is 1. The molecule has 31 heavy (non-hydrogen) atoms.